The molecule has 22 heavy (non-hydrogen) atoms. The number of hydrogen-bond acceptors (Lipinski definition) is 4. The minimum atomic E-state index is 0.568. The third-order valence-electron chi connectivity index (χ3n) is 4.69. The maximum absolute atomic E-state index is 9.76. The monoisotopic (exact) mass is 318 g/mol. The average Bonchev–Trinajstić information content (AvgIpc) is 2.86. The molecule has 3 aliphatic heterocycles. The van der Waals surface area contributed by atoms with E-state index in [1.165, 1.54) is 25.7 Å². The van der Waals surface area contributed by atoms with E-state index >= 15 is 0 Å². The molecule has 118 valence electrons. The fourth-order valence-corrected chi connectivity index (χ4v) is 3.59. The SMILES string of the molecule is C/C(N=NC(=S)N1CC2CCC(CC2)C1)=C1\C=CC=CN1O. The Kier molecular flexibility index (Phi) is 4.69. The van der Waals surface area contributed by atoms with Crippen LogP contribution >= 0.6 is 12.2 Å². The van der Waals surface area contributed by atoms with Crippen molar-refractivity contribution in [2.45, 2.75) is 32.6 Å². The molecule has 0 atom stereocenters. The molecule has 0 amide bonds. The summed E-state index contributed by atoms with van der Waals surface area (Å²) in [6.07, 6.45) is 12.3. The van der Waals surface area contributed by atoms with Gasteiger partial charge < -0.3 is 4.90 Å². The molecule has 6 heteroatoms. The fourth-order valence-electron chi connectivity index (χ4n) is 3.40. The van der Waals surface area contributed by atoms with Crippen LogP contribution in [-0.4, -0.2) is 33.4 Å². The van der Waals surface area contributed by atoms with Crippen LogP contribution < -0.4 is 0 Å². The van der Waals surface area contributed by atoms with Gasteiger partial charge in [0.2, 0.25) is 5.11 Å². The fraction of sp³-hybridized carbons (Fsp3) is 0.562. The lowest BCUT2D eigenvalue weighted by Crippen LogP contribution is -2.32. The van der Waals surface area contributed by atoms with E-state index in [0.29, 0.717) is 16.5 Å². The number of rotatable bonds is 1. The van der Waals surface area contributed by atoms with E-state index in [9.17, 15) is 5.21 Å². The Bertz CT molecular complexity index is 544. The molecule has 0 aromatic rings. The van der Waals surface area contributed by atoms with E-state index in [-0.39, 0.29) is 0 Å². The number of fused-ring (bicyclic) bond motifs is 4. The molecule has 4 rings (SSSR count). The zero-order valence-corrected chi connectivity index (χ0v) is 13.7. The summed E-state index contributed by atoms with van der Waals surface area (Å²) >= 11 is 5.45. The molecule has 0 aromatic carbocycles. The molecule has 1 N–H and O–H groups in total. The Labute approximate surface area is 136 Å². The summed E-state index contributed by atoms with van der Waals surface area (Å²) in [5.41, 5.74) is 1.26. The number of thiocarbonyl (C=S) groups is 1. The Morgan fingerprint density at radius 2 is 1.77 bits per heavy atom. The van der Waals surface area contributed by atoms with Crippen molar-refractivity contribution >= 4 is 17.3 Å². The van der Waals surface area contributed by atoms with Crippen LogP contribution in [0.3, 0.4) is 0 Å². The highest BCUT2D eigenvalue weighted by Gasteiger charge is 2.30. The first-order valence-electron chi connectivity index (χ1n) is 7.88. The van der Waals surface area contributed by atoms with Crippen molar-refractivity contribution < 1.29 is 5.21 Å². The van der Waals surface area contributed by atoms with Gasteiger partial charge in [0.25, 0.3) is 0 Å². The number of azo groups is 1. The molecule has 4 aliphatic rings. The number of nitrogens with zero attached hydrogens (tertiary/aromatic N) is 4. The second-order valence-corrected chi connectivity index (χ2v) is 6.66. The Balaban J connectivity index is 1.67. The number of hydroxylamine groups is 2. The number of allylic oxidation sites excluding steroid dienone is 4. The highest BCUT2D eigenvalue weighted by Crippen LogP contribution is 2.34. The molecule has 2 saturated heterocycles. The second kappa shape index (κ2) is 6.71. The van der Waals surface area contributed by atoms with Gasteiger partial charge >= 0.3 is 0 Å². The molecule has 0 radical (unpaired) electrons. The lowest BCUT2D eigenvalue weighted by molar-refractivity contribution is -0.00149. The molecule has 3 heterocycles. The van der Waals surface area contributed by atoms with Crippen LogP contribution in [0, 0.1) is 11.8 Å². The minimum absolute atomic E-state index is 0.568. The predicted molar refractivity (Wildman–Crippen MR) is 89.1 cm³/mol. The molecule has 5 nitrogen and oxygen atoms in total. The van der Waals surface area contributed by atoms with Gasteiger partial charge in [0.1, 0.15) is 0 Å². The lowest BCUT2D eigenvalue weighted by atomic mass is 9.84. The summed E-state index contributed by atoms with van der Waals surface area (Å²) in [5, 5.41) is 19.8. The first-order valence-corrected chi connectivity index (χ1v) is 8.29. The Hall–Kier alpha value is -1.53. The van der Waals surface area contributed by atoms with Gasteiger partial charge in [-0.25, -0.2) is 5.06 Å². The summed E-state index contributed by atoms with van der Waals surface area (Å²) in [6.45, 7) is 3.85. The molecule has 0 unspecified atom stereocenters. The quantitative estimate of drug-likeness (QED) is 0.589. The van der Waals surface area contributed by atoms with Crippen LogP contribution in [0.4, 0.5) is 0 Å². The zero-order valence-electron chi connectivity index (χ0n) is 12.9. The van der Waals surface area contributed by atoms with Gasteiger partial charge in [0.15, 0.2) is 0 Å². The maximum Gasteiger partial charge on any atom is 0.216 e. The molecule has 2 bridgehead atoms. The van der Waals surface area contributed by atoms with Crippen molar-refractivity contribution in [3.8, 4) is 0 Å². The van der Waals surface area contributed by atoms with Gasteiger partial charge in [0.05, 0.1) is 11.4 Å². The highest BCUT2D eigenvalue weighted by molar-refractivity contribution is 7.80. The Morgan fingerprint density at radius 3 is 2.36 bits per heavy atom. The van der Waals surface area contributed by atoms with E-state index in [1.54, 1.807) is 18.4 Å². The molecule has 0 spiro atoms. The average molecular weight is 318 g/mol. The van der Waals surface area contributed by atoms with E-state index in [2.05, 4.69) is 15.1 Å². The number of hydrogen-bond donors (Lipinski definition) is 1. The zero-order chi connectivity index (χ0) is 15.5. The van der Waals surface area contributed by atoms with Crippen LogP contribution in [0.2, 0.25) is 0 Å². The van der Waals surface area contributed by atoms with Crippen LogP contribution in [0.5, 0.6) is 0 Å². The van der Waals surface area contributed by atoms with Crippen molar-refractivity contribution in [2.24, 2.45) is 22.1 Å². The molecule has 1 aliphatic carbocycles. The molecular weight excluding hydrogens is 296 g/mol. The molecule has 3 fully saturated rings. The summed E-state index contributed by atoms with van der Waals surface area (Å²) in [5.74, 6) is 1.51. The van der Waals surface area contributed by atoms with E-state index < -0.39 is 0 Å². The lowest BCUT2D eigenvalue weighted by Gasteiger charge is -2.22. The van der Waals surface area contributed by atoms with Crippen molar-refractivity contribution in [1.82, 2.24) is 9.96 Å². The molecule has 1 saturated carbocycles. The molecule has 0 aromatic heterocycles. The summed E-state index contributed by atoms with van der Waals surface area (Å²) in [4.78, 5) is 2.21. The third kappa shape index (κ3) is 3.44. The van der Waals surface area contributed by atoms with Crippen molar-refractivity contribution in [1.29, 1.82) is 0 Å². The van der Waals surface area contributed by atoms with Gasteiger partial charge in [-0.2, -0.15) is 5.11 Å². The smallest absolute Gasteiger partial charge is 0.216 e. The molecular formula is C16H22N4OS. The predicted octanol–water partition coefficient (Wildman–Crippen LogP) is 3.85. The minimum Gasteiger partial charge on any atom is -0.346 e. The van der Waals surface area contributed by atoms with Crippen LogP contribution in [0.25, 0.3) is 0 Å². The highest BCUT2D eigenvalue weighted by atomic mass is 32.1. The van der Waals surface area contributed by atoms with E-state index in [4.69, 9.17) is 12.2 Å². The normalized spacial score (nSPS) is 30.1. The van der Waals surface area contributed by atoms with Gasteiger partial charge in [-0.05, 0) is 68.8 Å². The Morgan fingerprint density at radius 1 is 1.14 bits per heavy atom. The largest absolute Gasteiger partial charge is 0.346 e. The topological polar surface area (TPSA) is 51.4 Å². The maximum atomic E-state index is 9.76. The second-order valence-electron chi connectivity index (χ2n) is 6.29. The van der Waals surface area contributed by atoms with Crippen LogP contribution in [0.1, 0.15) is 32.6 Å². The van der Waals surface area contributed by atoms with Crippen LogP contribution in [-0.2, 0) is 0 Å². The van der Waals surface area contributed by atoms with Crippen molar-refractivity contribution in [3.05, 3.63) is 35.8 Å². The van der Waals surface area contributed by atoms with E-state index in [0.717, 1.165) is 30.0 Å². The van der Waals surface area contributed by atoms with Gasteiger partial charge in [-0.1, -0.05) is 6.08 Å². The third-order valence-corrected chi connectivity index (χ3v) is 5.03. The summed E-state index contributed by atoms with van der Waals surface area (Å²) in [6, 6.07) is 0. The van der Waals surface area contributed by atoms with Gasteiger partial charge in [0, 0.05) is 19.3 Å². The van der Waals surface area contributed by atoms with Crippen molar-refractivity contribution in [2.75, 3.05) is 13.1 Å². The van der Waals surface area contributed by atoms with Crippen molar-refractivity contribution in [3.63, 3.8) is 0 Å². The summed E-state index contributed by atoms with van der Waals surface area (Å²) in [7, 11) is 0. The first-order chi connectivity index (χ1) is 10.6. The van der Waals surface area contributed by atoms with Gasteiger partial charge in [-0.15, -0.1) is 5.11 Å². The summed E-state index contributed by atoms with van der Waals surface area (Å²) < 4.78 is 0. The van der Waals surface area contributed by atoms with Crippen LogP contribution in [0.15, 0.2) is 46.1 Å². The van der Waals surface area contributed by atoms with E-state index in [1.807, 2.05) is 13.0 Å². The van der Waals surface area contributed by atoms with Gasteiger partial charge in [-0.3, -0.25) is 5.21 Å². The standard InChI is InChI=1S/C16H22N4OS/c1-12(15-4-2-3-9-20(15)21)17-18-16(22)19-10-13-5-6-14(11-19)8-7-13/h2-4,9,13-14,21H,5-8,10-11H2,1H3/b15-12-,18-17?. The first kappa shape index (κ1) is 15.4.